The van der Waals surface area contributed by atoms with Crippen molar-refractivity contribution in [3.8, 4) is 11.6 Å². The summed E-state index contributed by atoms with van der Waals surface area (Å²) in [7, 11) is 0. The minimum absolute atomic E-state index is 0.586. The Kier molecular flexibility index (Phi) is 2.05. The Bertz CT molecular complexity index is 888. The molecule has 0 spiro atoms. The van der Waals surface area contributed by atoms with Crippen LogP contribution in [-0.2, 0) is 0 Å². The molecule has 0 amide bonds. The maximum absolute atomic E-state index is 5.34. The van der Waals surface area contributed by atoms with Crippen molar-refractivity contribution in [1.82, 2.24) is 19.6 Å². The maximum atomic E-state index is 5.34. The van der Waals surface area contributed by atoms with E-state index in [0.717, 1.165) is 15.9 Å². The van der Waals surface area contributed by atoms with Crippen molar-refractivity contribution in [3.05, 3.63) is 35.2 Å². The molecule has 0 saturated heterocycles. The first kappa shape index (κ1) is 10.7. The molecule has 0 atom stereocenters. The van der Waals surface area contributed by atoms with E-state index in [4.69, 9.17) is 4.42 Å². The van der Waals surface area contributed by atoms with Crippen molar-refractivity contribution >= 4 is 27.2 Å². The van der Waals surface area contributed by atoms with Crippen LogP contribution in [0.4, 0.5) is 0 Å². The van der Waals surface area contributed by atoms with Crippen LogP contribution < -0.4 is 0 Å². The fourth-order valence-corrected chi connectivity index (χ4v) is 3.15. The van der Waals surface area contributed by atoms with E-state index in [0.29, 0.717) is 11.6 Å². The summed E-state index contributed by atoms with van der Waals surface area (Å²) in [6.07, 6.45) is 3.32. The van der Waals surface area contributed by atoms with Gasteiger partial charge in [0.2, 0.25) is 5.82 Å². The van der Waals surface area contributed by atoms with Crippen LogP contribution in [0.3, 0.4) is 0 Å². The average molecular weight is 270 g/mol. The predicted octanol–water partition coefficient (Wildman–Crippen LogP) is 3.22. The summed E-state index contributed by atoms with van der Waals surface area (Å²) in [6, 6.07) is 3.68. The van der Waals surface area contributed by atoms with Crippen molar-refractivity contribution in [2.75, 3.05) is 0 Å². The summed E-state index contributed by atoms with van der Waals surface area (Å²) < 4.78 is 7.05. The topological polar surface area (TPSA) is 56.2 Å². The fraction of sp³-hybridized carbons (Fsp3) is 0.154. The van der Waals surface area contributed by atoms with E-state index in [1.165, 1.54) is 10.4 Å². The van der Waals surface area contributed by atoms with E-state index in [2.05, 4.69) is 28.9 Å². The standard InChI is InChI=1S/C13H10N4OS/c1-7-8(2)19-13-10(7)12-15-11(9-4-3-5-18-9)16-17(12)6-14-13/h3-6H,1-2H3. The third kappa shape index (κ3) is 1.43. The Morgan fingerprint density at radius 2 is 2.21 bits per heavy atom. The van der Waals surface area contributed by atoms with Crippen LogP contribution in [0.25, 0.3) is 27.4 Å². The highest BCUT2D eigenvalue weighted by Crippen LogP contribution is 2.31. The molecule has 19 heavy (non-hydrogen) atoms. The Morgan fingerprint density at radius 3 is 3.00 bits per heavy atom. The smallest absolute Gasteiger partial charge is 0.217 e. The highest BCUT2D eigenvalue weighted by atomic mass is 32.1. The summed E-state index contributed by atoms with van der Waals surface area (Å²) in [5, 5.41) is 5.49. The zero-order chi connectivity index (χ0) is 13.0. The molecule has 0 fully saturated rings. The fourth-order valence-electron chi connectivity index (χ4n) is 2.15. The number of fused-ring (bicyclic) bond motifs is 3. The van der Waals surface area contributed by atoms with Crippen LogP contribution in [0, 0.1) is 13.8 Å². The lowest BCUT2D eigenvalue weighted by Gasteiger charge is -1.93. The van der Waals surface area contributed by atoms with E-state index in [-0.39, 0.29) is 0 Å². The molecule has 0 unspecified atom stereocenters. The number of nitrogens with zero attached hydrogens (tertiary/aromatic N) is 4. The SMILES string of the molecule is Cc1sc2ncn3nc(-c4ccco4)nc3c2c1C. The molecular formula is C13H10N4OS. The molecule has 0 saturated carbocycles. The third-order valence-electron chi connectivity index (χ3n) is 3.25. The number of hydrogen-bond acceptors (Lipinski definition) is 5. The molecule has 4 heterocycles. The van der Waals surface area contributed by atoms with E-state index < -0.39 is 0 Å². The molecule has 0 aliphatic rings. The summed E-state index contributed by atoms with van der Waals surface area (Å²) in [6.45, 7) is 4.19. The Hall–Kier alpha value is -2.21. The summed E-state index contributed by atoms with van der Waals surface area (Å²) in [5.74, 6) is 1.25. The summed E-state index contributed by atoms with van der Waals surface area (Å²) in [4.78, 5) is 11.3. The van der Waals surface area contributed by atoms with Crippen LogP contribution in [0.5, 0.6) is 0 Å². The lowest BCUT2D eigenvalue weighted by molar-refractivity contribution is 0.577. The van der Waals surface area contributed by atoms with Crippen molar-refractivity contribution in [3.63, 3.8) is 0 Å². The van der Waals surface area contributed by atoms with Gasteiger partial charge in [0.25, 0.3) is 0 Å². The van der Waals surface area contributed by atoms with Crippen LogP contribution in [0.1, 0.15) is 10.4 Å². The average Bonchev–Trinajstić information content (AvgIpc) is 3.09. The van der Waals surface area contributed by atoms with Crippen LogP contribution >= 0.6 is 11.3 Å². The van der Waals surface area contributed by atoms with Gasteiger partial charge >= 0.3 is 0 Å². The number of rotatable bonds is 1. The number of hydrogen-bond donors (Lipinski definition) is 0. The maximum Gasteiger partial charge on any atom is 0.217 e. The second-order valence-electron chi connectivity index (χ2n) is 4.39. The Labute approximate surface area is 112 Å². The van der Waals surface area contributed by atoms with E-state index >= 15 is 0 Å². The Balaban J connectivity index is 2.10. The van der Waals surface area contributed by atoms with Crippen molar-refractivity contribution in [2.45, 2.75) is 13.8 Å². The minimum Gasteiger partial charge on any atom is -0.461 e. The molecule has 4 aromatic rings. The van der Waals surface area contributed by atoms with Gasteiger partial charge in [0.15, 0.2) is 11.4 Å². The van der Waals surface area contributed by atoms with Gasteiger partial charge in [-0.1, -0.05) is 0 Å². The first-order chi connectivity index (χ1) is 9.24. The highest BCUT2D eigenvalue weighted by molar-refractivity contribution is 7.18. The van der Waals surface area contributed by atoms with Gasteiger partial charge in [-0.25, -0.2) is 14.5 Å². The van der Waals surface area contributed by atoms with Gasteiger partial charge in [0, 0.05) is 4.88 Å². The van der Waals surface area contributed by atoms with Gasteiger partial charge in [-0.2, -0.15) is 0 Å². The van der Waals surface area contributed by atoms with Gasteiger partial charge < -0.3 is 4.42 Å². The molecule has 94 valence electrons. The number of furan rings is 1. The molecular weight excluding hydrogens is 260 g/mol. The normalized spacial score (nSPS) is 11.7. The van der Waals surface area contributed by atoms with Gasteiger partial charge in [0.1, 0.15) is 11.2 Å². The second-order valence-corrected chi connectivity index (χ2v) is 5.59. The van der Waals surface area contributed by atoms with Gasteiger partial charge in [0.05, 0.1) is 11.6 Å². The lowest BCUT2D eigenvalue weighted by Crippen LogP contribution is -1.89. The molecule has 0 aliphatic carbocycles. The van der Waals surface area contributed by atoms with Crippen molar-refractivity contribution in [2.24, 2.45) is 0 Å². The zero-order valence-electron chi connectivity index (χ0n) is 10.4. The molecule has 6 heteroatoms. The minimum atomic E-state index is 0.586. The first-order valence-electron chi connectivity index (χ1n) is 5.89. The predicted molar refractivity (Wildman–Crippen MR) is 73.3 cm³/mol. The van der Waals surface area contributed by atoms with E-state index in [9.17, 15) is 0 Å². The molecule has 0 aliphatic heterocycles. The van der Waals surface area contributed by atoms with Gasteiger partial charge in [-0.15, -0.1) is 16.4 Å². The van der Waals surface area contributed by atoms with Gasteiger partial charge in [-0.05, 0) is 31.5 Å². The molecule has 0 aromatic carbocycles. The van der Waals surface area contributed by atoms with Crippen molar-refractivity contribution < 1.29 is 4.42 Å². The monoisotopic (exact) mass is 270 g/mol. The van der Waals surface area contributed by atoms with E-state index in [1.54, 1.807) is 28.4 Å². The molecule has 0 bridgehead atoms. The summed E-state index contributed by atoms with van der Waals surface area (Å²) in [5.41, 5.74) is 2.05. The largest absolute Gasteiger partial charge is 0.461 e. The molecule has 5 nitrogen and oxygen atoms in total. The summed E-state index contributed by atoms with van der Waals surface area (Å²) >= 11 is 1.68. The molecule has 4 aromatic heterocycles. The second kappa shape index (κ2) is 3.64. The number of aryl methyl sites for hydroxylation is 2. The quantitative estimate of drug-likeness (QED) is 0.533. The van der Waals surface area contributed by atoms with Gasteiger partial charge in [-0.3, -0.25) is 0 Å². The zero-order valence-corrected chi connectivity index (χ0v) is 11.2. The van der Waals surface area contributed by atoms with E-state index in [1.807, 2.05) is 12.1 Å². The molecule has 0 N–H and O–H groups in total. The van der Waals surface area contributed by atoms with Crippen LogP contribution in [0.2, 0.25) is 0 Å². The van der Waals surface area contributed by atoms with Crippen LogP contribution in [0.15, 0.2) is 29.1 Å². The molecule has 4 rings (SSSR count). The van der Waals surface area contributed by atoms with Crippen LogP contribution in [-0.4, -0.2) is 19.6 Å². The third-order valence-corrected chi connectivity index (χ3v) is 4.36. The number of thiophene rings is 1. The first-order valence-corrected chi connectivity index (χ1v) is 6.70. The number of aromatic nitrogens is 4. The lowest BCUT2D eigenvalue weighted by atomic mass is 10.2. The molecule has 0 radical (unpaired) electrons. The van der Waals surface area contributed by atoms with Crippen molar-refractivity contribution in [1.29, 1.82) is 0 Å². The highest BCUT2D eigenvalue weighted by Gasteiger charge is 2.15. The Morgan fingerprint density at radius 1 is 1.32 bits per heavy atom.